The predicted molar refractivity (Wildman–Crippen MR) is 229 cm³/mol. The van der Waals surface area contributed by atoms with Crippen LogP contribution in [0.2, 0.25) is 0 Å². The summed E-state index contributed by atoms with van der Waals surface area (Å²) in [5.41, 5.74) is 3.20. The smallest absolute Gasteiger partial charge is 0.336 e. The van der Waals surface area contributed by atoms with Crippen LogP contribution in [-0.4, -0.2) is 107 Å². The molecule has 7 N–H and O–H groups in total. The van der Waals surface area contributed by atoms with E-state index in [2.05, 4.69) is 26.0 Å². The van der Waals surface area contributed by atoms with Crippen molar-refractivity contribution in [3.8, 4) is 0 Å². The molecule has 0 unspecified atom stereocenters. The van der Waals surface area contributed by atoms with Gasteiger partial charge in [0.15, 0.2) is 0 Å². The number of nitrogens with two attached hydrogens (primary N) is 1. The molecule has 63 heavy (non-hydrogen) atoms. The summed E-state index contributed by atoms with van der Waals surface area (Å²) in [4.78, 5) is 118. The third-order valence-corrected chi connectivity index (χ3v) is 12.3. The van der Waals surface area contributed by atoms with E-state index in [0.717, 1.165) is 88.5 Å². The molecule has 1 aromatic carbocycles. The second kappa shape index (κ2) is 23.0. The molecule has 0 aromatic heterocycles. The fraction of sp³-hybridized carbons (Fsp3) is 0.636. The Morgan fingerprint density at radius 2 is 1.48 bits per heavy atom. The fourth-order valence-electron chi connectivity index (χ4n) is 8.77. The van der Waals surface area contributed by atoms with Crippen molar-refractivity contribution in [2.75, 3.05) is 20.2 Å². The van der Waals surface area contributed by atoms with Crippen molar-refractivity contribution < 1.29 is 53.1 Å². The number of allylic oxidation sites excluding steroid dienone is 1. The summed E-state index contributed by atoms with van der Waals surface area (Å²) < 4.78 is 4.60. The van der Waals surface area contributed by atoms with Gasteiger partial charge >= 0.3 is 11.9 Å². The van der Waals surface area contributed by atoms with Crippen molar-refractivity contribution in [3.05, 3.63) is 51.6 Å². The topological polar surface area (TPSA) is 287 Å². The van der Waals surface area contributed by atoms with Crippen LogP contribution in [0.25, 0.3) is 0 Å². The first-order valence-electron chi connectivity index (χ1n) is 21.9. The maximum absolute atomic E-state index is 14.4. The van der Waals surface area contributed by atoms with Gasteiger partial charge in [0.05, 0.1) is 29.1 Å². The number of nitro groups is 1. The predicted octanol–water partition coefficient (Wildman–Crippen LogP) is 3.29. The lowest BCUT2D eigenvalue weighted by Crippen LogP contribution is -2.61. The van der Waals surface area contributed by atoms with Gasteiger partial charge in [-0.15, -0.1) is 0 Å². The molecule has 0 radical (unpaired) electrons. The van der Waals surface area contributed by atoms with Crippen LogP contribution < -0.4 is 27.0 Å². The minimum absolute atomic E-state index is 0.0126. The standard InChI is InChI=1S/C44H63N7O12/c1-44(2,3)36(49-40(56)32(19-11-12-20-33(52)63-4)46-39(55)31-24-29(51(61)62)21-22-30(31)43(59)60)42(58)50-23-13-18-28(25-50)38(54)48-35(27-16-9-6-10-17-27)41(57)47-34(37(45)53)26-14-7-5-8-15-26/h12,20-22,24,26-28,32,34-36H,5-11,13-19,23,25H2,1-4H3,(H2,45,53)(H,46,55)(H,47,57)(H,48,54)(H,49,56)(H,59,60)/b20-12+/t28-,32+,34+,35+,36-/m1/s1. The molecule has 19 nitrogen and oxygen atoms in total. The number of nitrogens with zero attached hydrogens (tertiary/aromatic N) is 2. The van der Waals surface area contributed by atoms with Crippen LogP contribution in [-0.2, 0) is 33.5 Å². The van der Waals surface area contributed by atoms with Gasteiger partial charge in [-0.05, 0) is 74.7 Å². The number of amides is 6. The Balaban J connectivity index is 1.53. The van der Waals surface area contributed by atoms with Gasteiger partial charge in [0.25, 0.3) is 11.6 Å². The van der Waals surface area contributed by atoms with Crippen molar-refractivity contribution in [2.24, 2.45) is 28.9 Å². The number of benzene rings is 1. The minimum Gasteiger partial charge on any atom is -0.478 e. The highest BCUT2D eigenvalue weighted by Gasteiger charge is 2.41. The second-order valence-corrected chi connectivity index (χ2v) is 17.9. The van der Waals surface area contributed by atoms with Gasteiger partial charge in [-0.25, -0.2) is 9.59 Å². The number of ether oxygens (including phenoxy) is 1. The van der Waals surface area contributed by atoms with E-state index in [-0.39, 0.29) is 37.8 Å². The zero-order chi connectivity index (χ0) is 46.4. The van der Waals surface area contributed by atoms with Crippen molar-refractivity contribution in [2.45, 2.75) is 135 Å². The Kier molecular flexibility index (Phi) is 18.2. The monoisotopic (exact) mass is 881 g/mol. The van der Waals surface area contributed by atoms with Crippen LogP contribution in [0.15, 0.2) is 30.4 Å². The molecule has 19 heteroatoms. The number of aromatic carboxylic acids is 1. The Labute approximate surface area is 367 Å². The number of carbonyl (C=O) groups excluding carboxylic acids is 7. The Morgan fingerprint density at radius 3 is 2.03 bits per heavy atom. The number of nitro benzene ring substituents is 1. The number of non-ortho nitro benzene ring substituents is 1. The highest BCUT2D eigenvalue weighted by molar-refractivity contribution is 6.06. The van der Waals surface area contributed by atoms with Gasteiger partial charge in [-0.1, -0.05) is 65.4 Å². The number of hydrogen-bond acceptors (Lipinski definition) is 11. The van der Waals surface area contributed by atoms with Crippen LogP contribution in [0.3, 0.4) is 0 Å². The van der Waals surface area contributed by atoms with E-state index in [1.54, 1.807) is 20.8 Å². The third kappa shape index (κ3) is 14.1. The molecule has 0 bridgehead atoms. The van der Waals surface area contributed by atoms with Gasteiger partial charge in [-0.3, -0.25) is 38.9 Å². The summed E-state index contributed by atoms with van der Waals surface area (Å²) >= 11 is 0. The summed E-state index contributed by atoms with van der Waals surface area (Å²) in [5, 5.41) is 32.3. The molecular formula is C44H63N7O12. The molecule has 1 heterocycles. The van der Waals surface area contributed by atoms with Gasteiger partial charge < -0.3 is 41.7 Å². The lowest BCUT2D eigenvalue weighted by Gasteiger charge is -2.39. The van der Waals surface area contributed by atoms with Crippen LogP contribution in [0.4, 0.5) is 5.69 Å². The van der Waals surface area contributed by atoms with Gasteiger partial charge in [0.1, 0.15) is 24.2 Å². The quantitative estimate of drug-likeness (QED) is 0.0536. The van der Waals surface area contributed by atoms with Crippen LogP contribution >= 0.6 is 0 Å². The number of primary amides is 1. The van der Waals surface area contributed by atoms with Crippen molar-refractivity contribution >= 4 is 53.1 Å². The average molecular weight is 882 g/mol. The zero-order valence-electron chi connectivity index (χ0n) is 36.7. The largest absolute Gasteiger partial charge is 0.478 e. The lowest BCUT2D eigenvalue weighted by atomic mass is 9.81. The van der Waals surface area contributed by atoms with E-state index in [0.29, 0.717) is 12.8 Å². The maximum atomic E-state index is 14.4. The zero-order valence-corrected chi connectivity index (χ0v) is 36.7. The molecule has 0 spiro atoms. The highest BCUT2D eigenvalue weighted by Crippen LogP contribution is 2.30. The summed E-state index contributed by atoms with van der Waals surface area (Å²) in [7, 11) is 1.18. The number of carboxylic acids is 1. The molecule has 3 fully saturated rings. The van der Waals surface area contributed by atoms with E-state index in [9.17, 15) is 53.6 Å². The summed E-state index contributed by atoms with van der Waals surface area (Å²) in [5.74, 6) is -7.04. The number of methoxy groups -OCH3 is 1. The first kappa shape index (κ1) is 49.8. The number of rotatable bonds is 18. The number of piperidine rings is 1. The molecular weight excluding hydrogens is 819 g/mol. The van der Waals surface area contributed by atoms with Gasteiger partial charge in [0.2, 0.25) is 29.5 Å². The molecule has 346 valence electrons. The Bertz CT molecular complexity index is 1900. The molecule has 1 saturated heterocycles. The molecule has 2 saturated carbocycles. The van der Waals surface area contributed by atoms with Crippen LogP contribution in [0.5, 0.6) is 0 Å². The number of esters is 1. The number of likely N-dealkylation sites (tertiary alicyclic amines) is 1. The molecule has 5 atom stereocenters. The normalized spacial score (nSPS) is 19.4. The molecule has 6 amide bonds. The second-order valence-electron chi connectivity index (χ2n) is 17.9. The summed E-state index contributed by atoms with van der Waals surface area (Å²) in [6.45, 7) is 5.42. The van der Waals surface area contributed by atoms with E-state index in [4.69, 9.17) is 5.73 Å². The fourth-order valence-corrected chi connectivity index (χ4v) is 8.77. The SMILES string of the molecule is COC(=O)/C=C/CC[C@H](NC(=O)c1cc([N+](=O)[O-])ccc1C(=O)O)C(=O)N[C@H](C(=O)N1CCC[C@@H](C(=O)N[C@H](C(=O)N[C@H](C(N)=O)C2CCCCC2)C2CCCCC2)C1)C(C)(C)C. The summed E-state index contributed by atoms with van der Waals surface area (Å²) in [6, 6.07) is -1.75. The van der Waals surface area contributed by atoms with E-state index >= 15 is 0 Å². The first-order valence-corrected chi connectivity index (χ1v) is 21.9. The first-order chi connectivity index (χ1) is 29.8. The summed E-state index contributed by atoms with van der Waals surface area (Å²) in [6.07, 6.45) is 12.0. The molecule has 1 aliphatic heterocycles. The van der Waals surface area contributed by atoms with Gasteiger partial charge in [0, 0.05) is 31.3 Å². The Morgan fingerprint density at radius 1 is 0.857 bits per heavy atom. The number of hydrogen-bond donors (Lipinski definition) is 6. The number of carboxylic acid groups (broad SMARTS) is 1. The maximum Gasteiger partial charge on any atom is 0.336 e. The van der Waals surface area contributed by atoms with Gasteiger partial charge in [-0.2, -0.15) is 0 Å². The van der Waals surface area contributed by atoms with Crippen molar-refractivity contribution in [1.82, 2.24) is 26.2 Å². The molecule has 3 aliphatic rings. The third-order valence-electron chi connectivity index (χ3n) is 12.3. The molecule has 1 aromatic rings. The highest BCUT2D eigenvalue weighted by atomic mass is 16.6. The minimum atomic E-state index is -1.54. The molecule has 4 rings (SSSR count). The lowest BCUT2D eigenvalue weighted by molar-refractivity contribution is -0.384. The van der Waals surface area contributed by atoms with E-state index in [1.807, 2.05) is 0 Å². The van der Waals surface area contributed by atoms with Crippen LogP contribution in [0, 0.1) is 33.3 Å². The molecule has 2 aliphatic carbocycles. The average Bonchev–Trinajstić information content (AvgIpc) is 3.26. The van der Waals surface area contributed by atoms with Crippen molar-refractivity contribution in [3.63, 3.8) is 0 Å². The van der Waals surface area contributed by atoms with E-state index in [1.165, 1.54) is 18.1 Å². The number of carbonyl (C=O) groups is 8. The number of nitrogens with one attached hydrogen (secondary N) is 4. The van der Waals surface area contributed by atoms with Crippen molar-refractivity contribution in [1.29, 1.82) is 0 Å². The van der Waals surface area contributed by atoms with E-state index < -0.39 is 105 Å². The van der Waals surface area contributed by atoms with Crippen LogP contribution in [0.1, 0.15) is 131 Å². The Hall–Kier alpha value is -5.88.